The fourth-order valence-electron chi connectivity index (χ4n) is 4.14. The number of hydrogen-bond acceptors (Lipinski definition) is 6. The quantitative estimate of drug-likeness (QED) is 0.111. The number of methoxy groups -OCH3 is 2. The highest BCUT2D eigenvalue weighted by Crippen LogP contribution is 2.36. The second-order valence-corrected chi connectivity index (χ2v) is 9.93. The molecule has 4 rings (SSSR count). The molecule has 4 aromatic rings. The Bertz CT molecular complexity index is 1590. The Morgan fingerprint density at radius 1 is 0.950 bits per heavy atom. The van der Waals surface area contributed by atoms with E-state index in [1.54, 1.807) is 44.6 Å². The Hall–Kier alpha value is -4.23. The van der Waals surface area contributed by atoms with Gasteiger partial charge in [0.05, 0.1) is 24.4 Å². The highest BCUT2D eigenvalue weighted by atomic mass is 127. The molecule has 0 aliphatic heterocycles. The third kappa shape index (κ3) is 7.04. The summed E-state index contributed by atoms with van der Waals surface area (Å²) in [6.07, 6.45) is 1.54. The summed E-state index contributed by atoms with van der Waals surface area (Å²) in [5.41, 5.74) is 2.42. The van der Waals surface area contributed by atoms with Gasteiger partial charge in [-0.2, -0.15) is 5.26 Å². The molecule has 0 unspecified atom stereocenters. The number of fused-ring (bicyclic) bond motifs is 1. The first-order valence-electron chi connectivity index (χ1n) is 12.6. The molecule has 4 aromatic carbocycles. The van der Waals surface area contributed by atoms with Gasteiger partial charge in [0.1, 0.15) is 29.7 Å². The van der Waals surface area contributed by atoms with E-state index in [9.17, 15) is 10.1 Å². The zero-order valence-electron chi connectivity index (χ0n) is 22.5. The van der Waals surface area contributed by atoms with Crippen molar-refractivity contribution < 1.29 is 23.7 Å². The number of nitriles is 1. The minimum absolute atomic E-state index is 0.0319. The predicted octanol–water partition coefficient (Wildman–Crippen LogP) is 6.66. The Morgan fingerprint density at radius 2 is 1.75 bits per heavy atom. The largest absolute Gasteiger partial charge is 0.497 e. The summed E-state index contributed by atoms with van der Waals surface area (Å²) in [6.45, 7) is 2.89. The van der Waals surface area contributed by atoms with E-state index in [0.29, 0.717) is 41.8 Å². The van der Waals surface area contributed by atoms with Gasteiger partial charge in [-0.15, -0.1) is 0 Å². The first-order chi connectivity index (χ1) is 19.4. The summed E-state index contributed by atoms with van der Waals surface area (Å²) in [4.78, 5) is 12.9. The zero-order chi connectivity index (χ0) is 28.5. The van der Waals surface area contributed by atoms with E-state index in [2.05, 4.69) is 52.2 Å². The van der Waals surface area contributed by atoms with Crippen LogP contribution in [0.1, 0.15) is 23.6 Å². The van der Waals surface area contributed by atoms with Gasteiger partial charge in [-0.05, 0) is 87.8 Å². The molecule has 0 atom stereocenters. The Morgan fingerprint density at radius 3 is 2.48 bits per heavy atom. The van der Waals surface area contributed by atoms with E-state index in [0.717, 1.165) is 20.1 Å². The lowest BCUT2D eigenvalue weighted by atomic mass is 10.1. The van der Waals surface area contributed by atoms with Gasteiger partial charge in [0, 0.05) is 18.2 Å². The molecule has 0 aliphatic carbocycles. The first kappa shape index (κ1) is 28.8. The summed E-state index contributed by atoms with van der Waals surface area (Å²) < 4.78 is 23.5. The van der Waals surface area contributed by atoms with Crippen LogP contribution in [0.4, 0.5) is 0 Å². The van der Waals surface area contributed by atoms with Crippen LogP contribution in [0.2, 0.25) is 0 Å². The Kier molecular flexibility index (Phi) is 9.86. The highest BCUT2D eigenvalue weighted by molar-refractivity contribution is 14.1. The molecule has 8 heteroatoms. The maximum Gasteiger partial charge on any atom is 0.262 e. The lowest BCUT2D eigenvalue weighted by molar-refractivity contribution is -0.117. The van der Waals surface area contributed by atoms with E-state index in [-0.39, 0.29) is 12.1 Å². The minimum Gasteiger partial charge on any atom is -0.497 e. The number of rotatable bonds is 11. The van der Waals surface area contributed by atoms with Crippen LogP contribution >= 0.6 is 22.6 Å². The van der Waals surface area contributed by atoms with Crippen molar-refractivity contribution in [3.63, 3.8) is 0 Å². The van der Waals surface area contributed by atoms with Crippen LogP contribution in [-0.2, 0) is 17.9 Å². The number of amides is 1. The highest BCUT2D eigenvalue weighted by Gasteiger charge is 2.15. The van der Waals surface area contributed by atoms with Crippen molar-refractivity contribution in [2.45, 2.75) is 20.1 Å². The molecule has 0 aliphatic rings. The molecule has 204 valence electrons. The van der Waals surface area contributed by atoms with Gasteiger partial charge in [-0.3, -0.25) is 4.79 Å². The number of nitrogens with zero attached hydrogens (tertiary/aromatic N) is 1. The molecule has 0 radical (unpaired) electrons. The fourth-order valence-corrected chi connectivity index (χ4v) is 4.92. The smallest absolute Gasteiger partial charge is 0.262 e. The van der Waals surface area contributed by atoms with E-state index in [1.807, 2.05) is 37.3 Å². The molecule has 0 fully saturated rings. The summed E-state index contributed by atoms with van der Waals surface area (Å²) in [5.74, 6) is 1.89. The Labute approximate surface area is 247 Å². The molecular weight excluding hydrogens is 619 g/mol. The zero-order valence-corrected chi connectivity index (χ0v) is 24.7. The first-order valence-corrected chi connectivity index (χ1v) is 13.7. The summed E-state index contributed by atoms with van der Waals surface area (Å²) in [5, 5.41) is 14.8. The molecule has 0 saturated heterocycles. The van der Waals surface area contributed by atoms with Gasteiger partial charge in [0.25, 0.3) is 5.91 Å². The fraction of sp³-hybridized carbons (Fsp3) is 0.188. The molecule has 0 saturated carbocycles. The van der Waals surface area contributed by atoms with Crippen molar-refractivity contribution in [3.05, 3.63) is 98.6 Å². The van der Waals surface area contributed by atoms with E-state index in [4.69, 9.17) is 18.9 Å². The second kappa shape index (κ2) is 13.7. The molecule has 7 nitrogen and oxygen atoms in total. The maximum absolute atomic E-state index is 12.9. The molecule has 0 heterocycles. The van der Waals surface area contributed by atoms with Gasteiger partial charge in [-0.25, -0.2) is 0 Å². The molecule has 0 spiro atoms. The number of benzene rings is 4. The predicted molar refractivity (Wildman–Crippen MR) is 164 cm³/mol. The standard InChI is InChI=1S/C32H29IN2O5/c1-4-39-30-16-22(14-26(18-34)32(36)35-19-25-11-12-27(37-2)17-29(25)38-3)15-28(33)31(30)40-20-21-9-10-23-7-5-6-8-24(23)13-21/h5-17H,4,19-20H2,1-3H3,(H,35,36)/b26-14+. The molecule has 1 amide bonds. The van der Waals surface area contributed by atoms with Crippen LogP contribution < -0.4 is 24.3 Å². The van der Waals surface area contributed by atoms with Crippen molar-refractivity contribution in [1.29, 1.82) is 5.26 Å². The summed E-state index contributed by atoms with van der Waals surface area (Å²) >= 11 is 2.18. The van der Waals surface area contributed by atoms with Crippen molar-refractivity contribution in [2.24, 2.45) is 0 Å². The van der Waals surface area contributed by atoms with Crippen molar-refractivity contribution in [3.8, 4) is 29.1 Å². The lowest BCUT2D eigenvalue weighted by Crippen LogP contribution is -2.24. The second-order valence-electron chi connectivity index (χ2n) is 8.76. The average Bonchev–Trinajstić information content (AvgIpc) is 2.98. The topological polar surface area (TPSA) is 89.8 Å². The molecule has 1 N–H and O–H groups in total. The summed E-state index contributed by atoms with van der Waals surface area (Å²) in [6, 6.07) is 25.4. The van der Waals surface area contributed by atoms with Gasteiger partial charge < -0.3 is 24.3 Å². The maximum atomic E-state index is 12.9. The van der Waals surface area contributed by atoms with Gasteiger partial charge in [-0.1, -0.05) is 36.4 Å². The van der Waals surface area contributed by atoms with Crippen molar-refractivity contribution in [1.82, 2.24) is 5.32 Å². The van der Waals surface area contributed by atoms with Crippen molar-refractivity contribution >= 4 is 45.3 Å². The number of carbonyl (C=O) groups excluding carboxylic acids is 1. The number of halogens is 1. The van der Waals surface area contributed by atoms with E-state index < -0.39 is 5.91 Å². The number of ether oxygens (including phenoxy) is 4. The van der Waals surface area contributed by atoms with Gasteiger partial charge in [0.15, 0.2) is 11.5 Å². The molecule has 0 aromatic heterocycles. The van der Waals surface area contributed by atoms with Gasteiger partial charge in [0.2, 0.25) is 0 Å². The number of carbonyl (C=O) groups is 1. The summed E-state index contributed by atoms with van der Waals surface area (Å²) in [7, 11) is 3.12. The van der Waals surface area contributed by atoms with Crippen LogP contribution in [0.15, 0.2) is 78.4 Å². The minimum atomic E-state index is -0.495. The normalized spacial score (nSPS) is 11.0. The molecule has 0 bridgehead atoms. The van der Waals surface area contributed by atoms with Crippen LogP contribution in [0.5, 0.6) is 23.0 Å². The monoisotopic (exact) mass is 648 g/mol. The third-order valence-corrected chi connectivity index (χ3v) is 6.94. The van der Waals surface area contributed by atoms with Crippen LogP contribution in [0.25, 0.3) is 16.8 Å². The average molecular weight is 648 g/mol. The lowest BCUT2D eigenvalue weighted by Gasteiger charge is -2.15. The molecule has 40 heavy (non-hydrogen) atoms. The van der Waals surface area contributed by atoms with E-state index in [1.165, 1.54) is 5.39 Å². The van der Waals surface area contributed by atoms with E-state index >= 15 is 0 Å². The number of hydrogen-bond donors (Lipinski definition) is 1. The third-order valence-electron chi connectivity index (χ3n) is 6.14. The van der Waals surface area contributed by atoms with Crippen LogP contribution in [0, 0.1) is 14.9 Å². The van der Waals surface area contributed by atoms with Crippen LogP contribution in [0.3, 0.4) is 0 Å². The van der Waals surface area contributed by atoms with Crippen molar-refractivity contribution in [2.75, 3.05) is 20.8 Å². The number of nitrogens with one attached hydrogen (secondary N) is 1. The SMILES string of the molecule is CCOc1cc(/C=C(\C#N)C(=O)NCc2ccc(OC)cc2OC)cc(I)c1OCc1ccc2ccccc2c1. The molecular formula is C32H29IN2O5. The van der Waals surface area contributed by atoms with Gasteiger partial charge >= 0.3 is 0 Å². The van der Waals surface area contributed by atoms with Crippen LogP contribution in [-0.4, -0.2) is 26.7 Å². The Balaban J connectivity index is 1.51.